The van der Waals surface area contributed by atoms with Crippen LogP contribution in [0.3, 0.4) is 0 Å². The Bertz CT molecular complexity index is 414. The quantitative estimate of drug-likeness (QED) is 0.568. The molecule has 0 bridgehead atoms. The first kappa shape index (κ1) is 11.6. The molecule has 1 fully saturated rings. The largest absolute Gasteiger partial charge is 0.467 e. The fourth-order valence-electron chi connectivity index (χ4n) is 1.40. The molecule has 0 aliphatic carbocycles. The minimum Gasteiger partial charge on any atom is -0.467 e. The second kappa shape index (κ2) is 4.97. The molecule has 0 saturated carbocycles. The van der Waals surface area contributed by atoms with E-state index in [1.165, 1.54) is 7.11 Å². The number of hydrogen-bond donors (Lipinski definition) is 0. The van der Waals surface area contributed by atoms with Crippen molar-refractivity contribution in [2.24, 2.45) is 0 Å². The van der Waals surface area contributed by atoms with E-state index in [1.807, 2.05) is 30.3 Å². The molecular weight excluding hydrogens is 224 g/mol. The topological polar surface area (TPSA) is 65.1 Å². The van der Waals surface area contributed by atoms with Crippen LogP contribution in [0.4, 0.5) is 0 Å². The van der Waals surface area contributed by atoms with E-state index in [0.717, 1.165) is 5.56 Å². The maximum atomic E-state index is 11.5. The summed E-state index contributed by atoms with van der Waals surface area (Å²) in [5.41, 5.74) is 0.885. The van der Waals surface area contributed by atoms with Gasteiger partial charge < -0.3 is 14.2 Å². The molecule has 1 saturated heterocycles. The third-order valence-electron chi connectivity index (χ3n) is 2.38. The van der Waals surface area contributed by atoms with Crippen LogP contribution in [-0.4, -0.2) is 31.3 Å². The normalized spacial score (nSPS) is 21.7. The fourth-order valence-corrected chi connectivity index (χ4v) is 1.40. The zero-order chi connectivity index (χ0) is 12.3. The van der Waals surface area contributed by atoms with Crippen LogP contribution >= 0.6 is 0 Å². The number of hydrogen-bond acceptors (Lipinski definition) is 5. The highest BCUT2D eigenvalue weighted by Gasteiger charge is 2.52. The average Bonchev–Trinajstić information content (AvgIpc) is 3.16. The van der Waals surface area contributed by atoms with Crippen molar-refractivity contribution in [1.29, 1.82) is 0 Å². The maximum absolute atomic E-state index is 11.5. The van der Waals surface area contributed by atoms with Crippen molar-refractivity contribution in [2.75, 3.05) is 7.11 Å². The van der Waals surface area contributed by atoms with Crippen molar-refractivity contribution in [1.82, 2.24) is 0 Å². The first-order valence-electron chi connectivity index (χ1n) is 5.16. The van der Waals surface area contributed by atoms with Crippen molar-refractivity contribution in [3.05, 3.63) is 35.9 Å². The van der Waals surface area contributed by atoms with Gasteiger partial charge in [0, 0.05) is 0 Å². The van der Waals surface area contributed by atoms with Crippen LogP contribution in [0, 0.1) is 0 Å². The number of rotatable bonds is 4. The van der Waals surface area contributed by atoms with Crippen molar-refractivity contribution in [3.8, 4) is 0 Å². The summed E-state index contributed by atoms with van der Waals surface area (Å²) in [5.74, 6) is -1.09. The van der Waals surface area contributed by atoms with E-state index in [0.29, 0.717) is 0 Å². The van der Waals surface area contributed by atoms with E-state index in [1.54, 1.807) is 0 Å². The van der Waals surface area contributed by atoms with E-state index >= 15 is 0 Å². The number of benzene rings is 1. The van der Waals surface area contributed by atoms with Crippen molar-refractivity contribution < 1.29 is 23.8 Å². The molecule has 1 heterocycles. The van der Waals surface area contributed by atoms with Crippen molar-refractivity contribution in [2.45, 2.75) is 18.8 Å². The monoisotopic (exact) mass is 236 g/mol. The van der Waals surface area contributed by atoms with E-state index in [-0.39, 0.29) is 6.61 Å². The lowest BCUT2D eigenvalue weighted by molar-refractivity contribution is -0.147. The van der Waals surface area contributed by atoms with Gasteiger partial charge >= 0.3 is 11.9 Å². The SMILES string of the molecule is COC(=O)C1OC1C(=O)OCc1ccccc1. The Kier molecular flexibility index (Phi) is 3.39. The predicted octanol–water partition coefficient (Wildman–Crippen LogP) is 0.670. The van der Waals surface area contributed by atoms with Gasteiger partial charge in [-0.05, 0) is 5.56 Å². The Hall–Kier alpha value is -1.88. The molecule has 2 atom stereocenters. The lowest BCUT2D eigenvalue weighted by Crippen LogP contribution is -2.19. The zero-order valence-corrected chi connectivity index (χ0v) is 9.29. The van der Waals surface area contributed by atoms with Crippen LogP contribution in [0.15, 0.2) is 30.3 Å². The van der Waals surface area contributed by atoms with Gasteiger partial charge in [-0.1, -0.05) is 30.3 Å². The molecule has 5 nitrogen and oxygen atoms in total. The molecule has 2 unspecified atom stereocenters. The molecule has 5 heteroatoms. The second-order valence-corrected chi connectivity index (χ2v) is 3.59. The van der Waals surface area contributed by atoms with Crippen molar-refractivity contribution >= 4 is 11.9 Å². The number of ether oxygens (including phenoxy) is 3. The van der Waals surface area contributed by atoms with E-state index in [4.69, 9.17) is 9.47 Å². The maximum Gasteiger partial charge on any atom is 0.339 e. The molecule has 1 aliphatic heterocycles. The summed E-state index contributed by atoms with van der Waals surface area (Å²) in [5, 5.41) is 0. The molecule has 1 aromatic rings. The van der Waals surface area contributed by atoms with Gasteiger partial charge in [0.1, 0.15) is 6.61 Å². The third kappa shape index (κ3) is 2.82. The van der Waals surface area contributed by atoms with Crippen LogP contribution in [0.25, 0.3) is 0 Å². The van der Waals surface area contributed by atoms with Crippen LogP contribution in [0.1, 0.15) is 5.56 Å². The van der Waals surface area contributed by atoms with Gasteiger partial charge in [0.2, 0.25) is 0 Å². The summed E-state index contributed by atoms with van der Waals surface area (Å²) in [6.45, 7) is 0.174. The molecule has 0 radical (unpaired) electrons. The zero-order valence-electron chi connectivity index (χ0n) is 9.29. The first-order chi connectivity index (χ1) is 8.22. The number of esters is 2. The average molecular weight is 236 g/mol. The van der Waals surface area contributed by atoms with Gasteiger partial charge in [0.05, 0.1) is 7.11 Å². The molecule has 0 amide bonds. The number of epoxide rings is 1. The minimum absolute atomic E-state index is 0.174. The van der Waals surface area contributed by atoms with E-state index in [2.05, 4.69) is 4.74 Å². The Morgan fingerprint density at radius 2 is 1.82 bits per heavy atom. The van der Waals surface area contributed by atoms with Gasteiger partial charge in [-0.2, -0.15) is 0 Å². The van der Waals surface area contributed by atoms with Gasteiger partial charge in [-0.25, -0.2) is 9.59 Å². The number of carbonyl (C=O) groups excluding carboxylic acids is 2. The number of carbonyl (C=O) groups is 2. The summed E-state index contributed by atoms with van der Waals surface area (Å²) in [6.07, 6.45) is -1.62. The predicted molar refractivity (Wildman–Crippen MR) is 56.9 cm³/mol. The molecular formula is C12H12O5. The molecule has 90 valence electrons. The molecule has 17 heavy (non-hydrogen) atoms. The Balaban J connectivity index is 1.78. The van der Waals surface area contributed by atoms with Crippen LogP contribution in [0.5, 0.6) is 0 Å². The van der Waals surface area contributed by atoms with Crippen LogP contribution in [0.2, 0.25) is 0 Å². The highest BCUT2D eigenvalue weighted by atomic mass is 16.7. The van der Waals surface area contributed by atoms with Crippen LogP contribution < -0.4 is 0 Å². The summed E-state index contributed by atoms with van der Waals surface area (Å²) in [7, 11) is 1.25. The summed E-state index contributed by atoms with van der Waals surface area (Å²) >= 11 is 0. The second-order valence-electron chi connectivity index (χ2n) is 3.59. The summed E-state index contributed by atoms with van der Waals surface area (Å²) in [6, 6.07) is 9.28. The number of methoxy groups -OCH3 is 1. The smallest absolute Gasteiger partial charge is 0.339 e. The summed E-state index contributed by atoms with van der Waals surface area (Å²) in [4.78, 5) is 22.5. The molecule has 0 N–H and O–H groups in total. The highest BCUT2D eigenvalue weighted by molar-refractivity contribution is 5.89. The molecule has 0 spiro atoms. The lowest BCUT2D eigenvalue weighted by Gasteiger charge is -2.02. The Morgan fingerprint density at radius 3 is 2.47 bits per heavy atom. The standard InChI is InChI=1S/C12H12O5/c1-15-11(13)9-10(17-9)12(14)16-7-8-5-3-2-4-6-8/h2-6,9-10H,7H2,1H3. The molecule has 2 rings (SSSR count). The van der Waals surface area contributed by atoms with E-state index in [9.17, 15) is 9.59 Å². The lowest BCUT2D eigenvalue weighted by atomic mass is 10.2. The third-order valence-corrected chi connectivity index (χ3v) is 2.38. The summed E-state index contributed by atoms with van der Waals surface area (Å²) < 4.78 is 14.3. The first-order valence-corrected chi connectivity index (χ1v) is 5.16. The van der Waals surface area contributed by atoms with Gasteiger partial charge in [0.15, 0.2) is 12.2 Å². The van der Waals surface area contributed by atoms with Gasteiger partial charge in [0.25, 0.3) is 0 Å². The van der Waals surface area contributed by atoms with Crippen LogP contribution in [-0.2, 0) is 30.4 Å². The molecule has 1 aromatic carbocycles. The minimum atomic E-state index is -0.814. The van der Waals surface area contributed by atoms with Gasteiger partial charge in [-0.3, -0.25) is 0 Å². The molecule has 0 aromatic heterocycles. The highest BCUT2D eigenvalue weighted by Crippen LogP contribution is 2.24. The Labute approximate surface area is 98.3 Å². The van der Waals surface area contributed by atoms with Crippen molar-refractivity contribution in [3.63, 3.8) is 0 Å². The Morgan fingerprint density at radius 1 is 1.18 bits per heavy atom. The van der Waals surface area contributed by atoms with E-state index < -0.39 is 24.1 Å². The van der Waals surface area contributed by atoms with Gasteiger partial charge in [-0.15, -0.1) is 0 Å². The molecule has 1 aliphatic rings. The fraction of sp³-hybridized carbons (Fsp3) is 0.333.